The molecule has 2 aromatic heterocycles. The molecule has 6 heteroatoms. The van der Waals surface area contributed by atoms with Crippen molar-refractivity contribution < 1.29 is 4.79 Å². The van der Waals surface area contributed by atoms with E-state index < -0.39 is 5.41 Å². The maximum Gasteiger partial charge on any atom is 0.253 e. The van der Waals surface area contributed by atoms with Crippen molar-refractivity contribution in [2.45, 2.75) is 34.6 Å². The molecule has 0 unspecified atom stereocenters. The van der Waals surface area contributed by atoms with Gasteiger partial charge in [0.05, 0.1) is 0 Å². The number of nitrogens with zero attached hydrogens (tertiary/aromatic N) is 4. The highest BCUT2D eigenvalue weighted by Crippen LogP contribution is 2.15. The van der Waals surface area contributed by atoms with Crippen LogP contribution in [0.3, 0.4) is 0 Å². The molecular formula is C14H18N4OS. The van der Waals surface area contributed by atoms with Crippen molar-refractivity contribution in [1.82, 2.24) is 14.5 Å². The van der Waals surface area contributed by atoms with Crippen molar-refractivity contribution >= 4 is 17.2 Å². The minimum Gasteiger partial charge on any atom is -0.276 e. The second-order valence-corrected chi connectivity index (χ2v) is 6.84. The average molecular weight is 290 g/mol. The molecule has 2 aromatic rings. The maximum atomic E-state index is 12.1. The second-order valence-electron chi connectivity index (χ2n) is 5.62. The molecule has 0 aromatic carbocycles. The zero-order valence-corrected chi connectivity index (χ0v) is 13.2. The van der Waals surface area contributed by atoms with Crippen LogP contribution < -0.4 is 4.80 Å². The predicted molar refractivity (Wildman–Crippen MR) is 78.7 cm³/mol. The van der Waals surface area contributed by atoms with E-state index in [1.165, 1.54) is 11.3 Å². The van der Waals surface area contributed by atoms with Crippen LogP contribution in [0.25, 0.3) is 5.82 Å². The molecule has 0 atom stereocenters. The lowest BCUT2D eigenvalue weighted by molar-refractivity contribution is -0.125. The van der Waals surface area contributed by atoms with Crippen molar-refractivity contribution in [2.24, 2.45) is 10.4 Å². The number of thiazole rings is 1. The third-order valence-corrected chi connectivity index (χ3v) is 3.51. The summed E-state index contributed by atoms with van der Waals surface area (Å²) < 4.78 is 1.83. The van der Waals surface area contributed by atoms with Crippen LogP contribution in [0.4, 0.5) is 0 Å². The monoisotopic (exact) mass is 290 g/mol. The van der Waals surface area contributed by atoms with E-state index in [0.717, 1.165) is 10.7 Å². The van der Waals surface area contributed by atoms with Crippen LogP contribution in [0, 0.1) is 19.3 Å². The molecular weight excluding hydrogens is 272 g/mol. The molecule has 5 nitrogen and oxygen atoms in total. The molecule has 0 bridgehead atoms. The average Bonchev–Trinajstić information content (AvgIpc) is 2.69. The molecule has 1 amide bonds. The Morgan fingerprint density at radius 2 is 2.05 bits per heavy atom. The van der Waals surface area contributed by atoms with Crippen LogP contribution in [0.1, 0.15) is 31.5 Å². The molecule has 0 aliphatic heterocycles. The molecule has 0 aliphatic carbocycles. The minimum atomic E-state index is -0.489. The van der Waals surface area contributed by atoms with Crippen LogP contribution in [0.2, 0.25) is 0 Å². The van der Waals surface area contributed by atoms with Gasteiger partial charge in [0.25, 0.3) is 5.91 Å². The molecule has 0 saturated heterocycles. The minimum absolute atomic E-state index is 0.140. The summed E-state index contributed by atoms with van der Waals surface area (Å²) in [6, 6.07) is 1.81. The van der Waals surface area contributed by atoms with Gasteiger partial charge in [0.1, 0.15) is 11.6 Å². The first-order valence-electron chi connectivity index (χ1n) is 6.35. The zero-order chi connectivity index (χ0) is 14.9. The van der Waals surface area contributed by atoms with Gasteiger partial charge < -0.3 is 0 Å². The van der Waals surface area contributed by atoms with Crippen LogP contribution in [0.15, 0.2) is 23.5 Å². The van der Waals surface area contributed by atoms with Crippen LogP contribution in [-0.4, -0.2) is 20.4 Å². The Balaban J connectivity index is 2.57. The van der Waals surface area contributed by atoms with Gasteiger partial charge in [-0.2, -0.15) is 4.99 Å². The smallest absolute Gasteiger partial charge is 0.253 e. The number of amides is 1. The normalized spacial score (nSPS) is 12.8. The van der Waals surface area contributed by atoms with Crippen molar-refractivity contribution in [3.63, 3.8) is 0 Å². The first-order chi connectivity index (χ1) is 9.27. The molecule has 0 N–H and O–H groups in total. The van der Waals surface area contributed by atoms with Crippen molar-refractivity contribution in [3.05, 3.63) is 34.0 Å². The first kappa shape index (κ1) is 14.6. The van der Waals surface area contributed by atoms with Crippen molar-refractivity contribution in [2.75, 3.05) is 0 Å². The number of hydrogen-bond acceptors (Lipinski definition) is 4. The highest BCUT2D eigenvalue weighted by atomic mass is 32.1. The van der Waals surface area contributed by atoms with E-state index in [4.69, 9.17) is 0 Å². The third-order valence-electron chi connectivity index (χ3n) is 2.62. The summed E-state index contributed by atoms with van der Waals surface area (Å²) in [6.45, 7) is 9.39. The van der Waals surface area contributed by atoms with Gasteiger partial charge in [0.15, 0.2) is 4.80 Å². The SMILES string of the molecule is Cc1nccc(-n2cc(C)sc2=NC(=O)C(C)(C)C)n1. The van der Waals surface area contributed by atoms with E-state index in [-0.39, 0.29) is 5.91 Å². The quantitative estimate of drug-likeness (QED) is 0.810. The Hall–Kier alpha value is -1.82. The summed E-state index contributed by atoms with van der Waals surface area (Å²) in [5.41, 5.74) is -0.489. The van der Waals surface area contributed by atoms with Crippen LogP contribution in [-0.2, 0) is 4.79 Å². The fraction of sp³-hybridized carbons (Fsp3) is 0.429. The number of hydrogen-bond donors (Lipinski definition) is 0. The molecule has 0 fully saturated rings. The Morgan fingerprint density at radius 1 is 1.35 bits per heavy atom. The van der Waals surface area contributed by atoms with E-state index in [2.05, 4.69) is 15.0 Å². The largest absolute Gasteiger partial charge is 0.276 e. The highest BCUT2D eigenvalue weighted by Gasteiger charge is 2.21. The highest BCUT2D eigenvalue weighted by molar-refractivity contribution is 7.09. The molecule has 0 aliphatic rings. The van der Waals surface area contributed by atoms with Crippen molar-refractivity contribution in [1.29, 1.82) is 0 Å². The topological polar surface area (TPSA) is 60.1 Å². The number of aromatic nitrogens is 3. The summed E-state index contributed by atoms with van der Waals surface area (Å²) in [7, 11) is 0. The molecule has 2 heterocycles. The van der Waals surface area contributed by atoms with Gasteiger partial charge in [-0.3, -0.25) is 9.36 Å². The van der Waals surface area contributed by atoms with E-state index >= 15 is 0 Å². The van der Waals surface area contributed by atoms with E-state index in [0.29, 0.717) is 10.6 Å². The zero-order valence-electron chi connectivity index (χ0n) is 12.3. The van der Waals surface area contributed by atoms with Gasteiger partial charge >= 0.3 is 0 Å². The number of carbonyl (C=O) groups excluding carboxylic acids is 1. The summed E-state index contributed by atoms with van der Waals surface area (Å²) in [4.78, 5) is 26.5. The predicted octanol–water partition coefficient (Wildman–Crippen LogP) is 2.42. The summed E-state index contributed by atoms with van der Waals surface area (Å²) in [6.07, 6.45) is 3.63. The summed E-state index contributed by atoms with van der Waals surface area (Å²) in [5.74, 6) is 1.27. The van der Waals surface area contributed by atoms with Gasteiger partial charge in [-0.25, -0.2) is 9.97 Å². The molecule has 0 radical (unpaired) electrons. The Bertz CT molecular complexity index is 706. The number of aryl methyl sites for hydroxylation is 2. The van der Waals surface area contributed by atoms with Gasteiger partial charge in [-0.15, -0.1) is 11.3 Å². The lowest BCUT2D eigenvalue weighted by Crippen LogP contribution is -2.23. The Labute approximate surface area is 122 Å². The van der Waals surface area contributed by atoms with Crippen LogP contribution in [0.5, 0.6) is 0 Å². The molecule has 20 heavy (non-hydrogen) atoms. The standard InChI is InChI=1S/C14H18N4OS/c1-9-8-18(11-6-7-15-10(2)16-11)13(20-9)17-12(19)14(3,4)5/h6-8H,1-5H3. The van der Waals surface area contributed by atoms with Gasteiger partial charge in [-0.05, 0) is 19.9 Å². The van der Waals surface area contributed by atoms with Gasteiger partial charge in [0, 0.05) is 22.7 Å². The second kappa shape index (κ2) is 5.28. The Morgan fingerprint density at radius 3 is 2.65 bits per heavy atom. The summed E-state index contributed by atoms with van der Waals surface area (Å²) >= 11 is 1.47. The fourth-order valence-corrected chi connectivity index (χ4v) is 2.35. The van der Waals surface area contributed by atoms with Crippen molar-refractivity contribution in [3.8, 4) is 5.82 Å². The van der Waals surface area contributed by atoms with Crippen LogP contribution >= 0.6 is 11.3 Å². The fourth-order valence-electron chi connectivity index (χ4n) is 1.53. The van der Waals surface area contributed by atoms with E-state index in [1.54, 1.807) is 12.3 Å². The molecule has 0 spiro atoms. The van der Waals surface area contributed by atoms with E-state index in [9.17, 15) is 4.79 Å². The molecule has 0 saturated carbocycles. The third kappa shape index (κ3) is 3.19. The molecule has 2 rings (SSSR count). The first-order valence-corrected chi connectivity index (χ1v) is 7.17. The number of rotatable bonds is 1. The lowest BCUT2D eigenvalue weighted by Gasteiger charge is -2.11. The Kier molecular flexibility index (Phi) is 3.85. The number of carbonyl (C=O) groups is 1. The molecule has 106 valence electrons. The van der Waals surface area contributed by atoms with Gasteiger partial charge in [0.2, 0.25) is 0 Å². The lowest BCUT2D eigenvalue weighted by atomic mass is 9.96. The maximum absolute atomic E-state index is 12.1. The van der Waals surface area contributed by atoms with Gasteiger partial charge in [-0.1, -0.05) is 20.8 Å². The summed E-state index contributed by atoms with van der Waals surface area (Å²) in [5, 5.41) is 0. The van der Waals surface area contributed by atoms with E-state index in [1.807, 2.05) is 45.4 Å².